The number of nitrogens with zero attached hydrogens (tertiary/aromatic N) is 3. The van der Waals surface area contributed by atoms with E-state index >= 15 is 0 Å². The zero-order valence-corrected chi connectivity index (χ0v) is 15.5. The van der Waals surface area contributed by atoms with Crippen LogP contribution in [0.5, 0.6) is 0 Å². The van der Waals surface area contributed by atoms with E-state index in [1.807, 2.05) is 0 Å². The van der Waals surface area contributed by atoms with Crippen LogP contribution in [0.1, 0.15) is 30.0 Å². The van der Waals surface area contributed by atoms with E-state index in [0.29, 0.717) is 25.0 Å². The molecule has 2 aliphatic rings. The summed E-state index contributed by atoms with van der Waals surface area (Å²) in [6, 6.07) is 12.7. The largest absolute Gasteiger partial charge is 0.395 e. The first-order valence-electron chi connectivity index (χ1n) is 9.64. The summed E-state index contributed by atoms with van der Waals surface area (Å²) in [5.41, 5.74) is 3.72. The van der Waals surface area contributed by atoms with Gasteiger partial charge in [0, 0.05) is 38.2 Å². The molecule has 0 saturated carbocycles. The van der Waals surface area contributed by atoms with Gasteiger partial charge < -0.3 is 20.1 Å². The van der Waals surface area contributed by atoms with Gasteiger partial charge >= 0.3 is 0 Å². The number of anilines is 2. The van der Waals surface area contributed by atoms with Gasteiger partial charge in [0.15, 0.2) is 0 Å². The molecule has 2 aliphatic heterocycles. The second-order valence-electron chi connectivity index (χ2n) is 6.98. The van der Waals surface area contributed by atoms with Gasteiger partial charge in [-0.2, -0.15) is 4.98 Å². The fraction of sp³-hybridized carbons (Fsp3) is 0.429. The maximum atomic E-state index is 9.11. The van der Waals surface area contributed by atoms with Crippen molar-refractivity contribution in [3.8, 4) is 0 Å². The van der Waals surface area contributed by atoms with Crippen LogP contribution in [0.15, 0.2) is 42.5 Å². The van der Waals surface area contributed by atoms with Crippen molar-refractivity contribution in [3.63, 3.8) is 0 Å². The lowest BCUT2D eigenvalue weighted by atomic mass is 9.99. The lowest BCUT2D eigenvalue weighted by Crippen LogP contribution is -2.29. The smallest absolute Gasteiger partial charge is 0.224 e. The SMILES string of the molecule is OCCNc1nc([C@@H]2CCOC2)cc(N2CC=C(c3ccccc3)CC2)n1. The molecule has 0 radical (unpaired) electrons. The van der Waals surface area contributed by atoms with Crippen molar-refractivity contribution in [2.24, 2.45) is 0 Å². The predicted molar refractivity (Wildman–Crippen MR) is 107 cm³/mol. The summed E-state index contributed by atoms with van der Waals surface area (Å²) in [6.07, 6.45) is 4.28. The average molecular weight is 366 g/mol. The summed E-state index contributed by atoms with van der Waals surface area (Å²) in [6.45, 7) is 3.77. The highest BCUT2D eigenvalue weighted by molar-refractivity contribution is 5.68. The van der Waals surface area contributed by atoms with Crippen LogP contribution in [-0.2, 0) is 4.74 Å². The van der Waals surface area contributed by atoms with Crippen molar-refractivity contribution in [2.45, 2.75) is 18.8 Å². The Kier molecular flexibility index (Phi) is 5.65. The molecule has 0 unspecified atom stereocenters. The molecule has 4 rings (SSSR count). The molecular formula is C21H26N4O2. The van der Waals surface area contributed by atoms with E-state index in [9.17, 15) is 0 Å². The predicted octanol–water partition coefficient (Wildman–Crippen LogP) is 2.68. The summed E-state index contributed by atoms with van der Waals surface area (Å²) < 4.78 is 5.54. The summed E-state index contributed by atoms with van der Waals surface area (Å²) in [5, 5.41) is 12.2. The molecular weight excluding hydrogens is 340 g/mol. The van der Waals surface area contributed by atoms with Crippen LogP contribution in [0.3, 0.4) is 0 Å². The van der Waals surface area contributed by atoms with E-state index in [-0.39, 0.29) is 6.61 Å². The van der Waals surface area contributed by atoms with E-state index in [1.54, 1.807) is 0 Å². The number of nitrogens with one attached hydrogen (secondary N) is 1. The Balaban J connectivity index is 1.55. The van der Waals surface area contributed by atoms with Crippen molar-refractivity contribution < 1.29 is 9.84 Å². The minimum Gasteiger partial charge on any atom is -0.395 e. The third kappa shape index (κ3) is 4.28. The number of rotatable bonds is 6. The highest BCUT2D eigenvalue weighted by Gasteiger charge is 2.23. The first-order chi connectivity index (χ1) is 13.3. The van der Waals surface area contributed by atoms with Gasteiger partial charge in [0.2, 0.25) is 5.95 Å². The molecule has 0 spiro atoms. The Labute approximate surface area is 159 Å². The van der Waals surface area contributed by atoms with Crippen molar-refractivity contribution >= 4 is 17.3 Å². The van der Waals surface area contributed by atoms with Gasteiger partial charge in [-0.15, -0.1) is 0 Å². The number of hydrogen-bond donors (Lipinski definition) is 2. The third-order valence-electron chi connectivity index (χ3n) is 5.15. The Morgan fingerprint density at radius 3 is 2.81 bits per heavy atom. The van der Waals surface area contributed by atoms with Crippen LogP contribution in [0, 0.1) is 0 Å². The molecule has 27 heavy (non-hydrogen) atoms. The van der Waals surface area contributed by atoms with Crippen molar-refractivity contribution in [2.75, 3.05) is 49.7 Å². The number of aliphatic hydroxyl groups is 1. The molecule has 142 valence electrons. The molecule has 0 aliphatic carbocycles. The second-order valence-corrected chi connectivity index (χ2v) is 6.98. The Morgan fingerprint density at radius 2 is 2.11 bits per heavy atom. The molecule has 2 N–H and O–H groups in total. The van der Waals surface area contributed by atoms with Gasteiger partial charge in [0.25, 0.3) is 0 Å². The van der Waals surface area contributed by atoms with Crippen LogP contribution in [0.2, 0.25) is 0 Å². The highest BCUT2D eigenvalue weighted by atomic mass is 16.5. The normalized spacial score (nSPS) is 19.8. The number of ether oxygens (including phenoxy) is 1. The van der Waals surface area contributed by atoms with Crippen molar-refractivity contribution in [1.29, 1.82) is 0 Å². The van der Waals surface area contributed by atoms with E-state index in [4.69, 9.17) is 9.84 Å². The zero-order chi connectivity index (χ0) is 18.5. The highest BCUT2D eigenvalue weighted by Crippen LogP contribution is 2.29. The van der Waals surface area contributed by atoms with Gasteiger partial charge in [-0.1, -0.05) is 36.4 Å². The standard InChI is InChI=1S/C21H26N4O2/c26-12-9-22-21-23-19(18-8-13-27-15-18)14-20(24-21)25-10-6-17(7-11-25)16-4-2-1-3-5-16/h1-6,14,18,26H,7-13,15H2,(H,22,23,24)/t18-/m1/s1. The lowest BCUT2D eigenvalue weighted by Gasteiger charge is -2.28. The summed E-state index contributed by atoms with van der Waals surface area (Å²) in [5.74, 6) is 1.85. The molecule has 1 atom stereocenters. The number of benzene rings is 1. The second kappa shape index (κ2) is 8.50. The van der Waals surface area contributed by atoms with Crippen LogP contribution in [-0.4, -0.2) is 54.5 Å². The van der Waals surface area contributed by atoms with Gasteiger partial charge in [-0.05, 0) is 24.0 Å². The van der Waals surface area contributed by atoms with Crippen LogP contribution >= 0.6 is 0 Å². The van der Waals surface area contributed by atoms with Gasteiger partial charge in [0.05, 0.1) is 18.9 Å². The lowest BCUT2D eigenvalue weighted by molar-refractivity contribution is 0.193. The average Bonchev–Trinajstić information content (AvgIpc) is 3.28. The molecule has 1 aromatic carbocycles. The quantitative estimate of drug-likeness (QED) is 0.819. The molecule has 1 saturated heterocycles. The van der Waals surface area contributed by atoms with E-state index in [2.05, 4.69) is 62.7 Å². The molecule has 1 fully saturated rings. The molecule has 6 heteroatoms. The third-order valence-corrected chi connectivity index (χ3v) is 5.15. The van der Waals surface area contributed by atoms with Crippen LogP contribution in [0.25, 0.3) is 5.57 Å². The summed E-state index contributed by atoms with van der Waals surface area (Å²) in [7, 11) is 0. The summed E-state index contributed by atoms with van der Waals surface area (Å²) in [4.78, 5) is 11.6. The molecule has 3 heterocycles. The van der Waals surface area contributed by atoms with Crippen molar-refractivity contribution in [3.05, 3.63) is 53.7 Å². The van der Waals surface area contributed by atoms with Gasteiger partial charge in [-0.3, -0.25) is 0 Å². The molecule has 2 aromatic rings. The molecule has 1 aromatic heterocycles. The minimum atomic E-state index is 0.0579. The molecule has 0 bridgehead atoms. The Bertz CT molecular complexity index is 788. The maximum absolute atomic E-state index is 9.11. The number of aliphatic hydroxyl groups excluding tert-OH is 1. The summed E-state index contributed by atoms with van der Waals surface area (Å²) >= 11 is 0. The van der Waals surface area contributed by atoms with Gasteiger partial charge in [0.1, 0.15) is 5.82 Å². The first-order valence-corrected chi connectivity index (χ1v) is 9.64. The topological polar surface area (TPSA) is 70.5 Å². The number of hydrogen-bond acceptors (Lipinski definition) is 6. The van der Waals surface area contributed by atoms with E-state index in [1.165, 1.54) is 11.1 Å². The Hall–Kier alpha value is -2.44. The van der Waals surface area contributed by atoms with Crippen molar-refractivity contribution in [1.82, 2.24) is 9.97 Å². The Morgan fingerprint density at radius 1 is 1.22 bits per heavy atom. The molecule has 6 nitrogen and oxygen atoms in total. The minimum absolute atomic E-state index is 0.0579. The molecule has 0 amide bonds. The van der Waals surface area contributed by atoms with Crippen LogP contribution < -0.4 is 10.2 Å². The van der Waals surface area contributed by atoms with Crippen LogP contribution in [0.4, 0.5) is 11.8 Å². The fourth-order valence-corrected chi connectivity index (χ4v) is 3.63. The van der Waals surface area contributed by atoms with Gasteiger partial charge in [-0.25, -0.2) is 4.98 Å². The van der Waals surface area contributed by atoms with E-state index < -0.39 is 0 Å². The monoisotopic (exact) mass is 366 g/mol. The van der Waals surface area contributed by atoms with E-state index in [0.717, 1.165) is 44.0 Å². The number of aromatic nitrogens is 2. The maximum Gasteiger partial charge on any atom is 0.224 e. The first kappa shape index (κ1) is 17.9. The fourth-order valence-electron chi connectivity index (χ4n) is 3.63. The zero-order valence-electron chi connectivity index (χ0n) is 15.5.